The molecule has 47 heavy (non-hydrogen) atoms. The number of hydrogen-bond donors (Lipinski definition) is 4. The van der Waals surface area contributed by atoms with Crippen molar-refractivity contribution in [1.82, 2.24) is 20.1 Å². The zero-order chi connectivity index (χ0) is 33.2. The lowest BCUT2D eigenvalue weighted by Gasteiger charge is -2.15. The van der Waals surface area contributed by atoms with Crippen LogP contribution in [0.25, 0.3) is 16.5 Å². The fraction of sp³-hybridized carbons (Fsp3) is 0.229. The summed E-state index contributed by atoms with van der Waals surface area (Å²) < 4.78 is 12.7. The molecule has 2 aromatic heterocycles. The number of hydrogen-bond acceptors (Lipinski definition) is 7. The van der Waals surface area contributed by atoms with Crippen molar-refractivity contribution in [1.29, 1.82) is 0 Å². The minimum atomic E-state index is -0.610. The Bertz CT molecular complexity index is 1870. The van der Waals surface area contributed by atoms with Crippen LogP contribution in [0.2, 0.25) is 0 Å². The van der Waals surface area contributed by atoms with Crippen LogP contribution < -0.4 is 26.0 Å². The molecule has 12 heteroatoms. The highest BCUT2D eigenvalue weighted by molar-refractivity contribution is 6.07. The van der Waals surface area contributed by atoms with Gasteiger partial charge >= 0.3 is 18.0 Å². The van der Waals surface area contributed by atoms with Crippen LogP contribution in [0.5, 0.6) is 11.5 Å². The maximum atomic E-state index is 13.3. The number of carbonyl (C=O) groups excluding carboxylic acids is 3. The molecule has 0 bridgehead atoms. The van der Waals surface area contributed by atoms with E-state index in [4.69, 9.17) is 14.6 Å². The number of fused-ring (bicyclic) bond motifs is 1. The third kappa shape index (κ3) is 8.63. The molecular weight excluding hydrogens is 598 g/mol. The predicted molar refractivity (Wildman–Crippen MR) is 181 cm³/mol. The molecule has 5 rings (SSSR count). The van der Waals surface area contributed by atoms with E-state index in [1.54, 1.807) is 35.9 Å². The van der Waals surface area contributed by atoms with Gasteiger partial charge in [-0.05, 0) is 57.0 Å². The molecular formula is C35H37N7O5. The number of urea groups is 2. The molecule has 0 spiro atoms. The van der Waals surface area contributed by atoms with Crippen molar-refractivity contribution in [2.24, 2.45) is 0 Å². The second-order valence-corrected chi connectivity index (χ2v) is 10.7. The standard InChI is InChI=1S/C35H37N7O5/c1-4-6-9-24-20-32(42(41-24)25-14-12-23(3)13-15-25)40-35(45)38-29-16-17-30(28-11-8-7-10-27(28)29)47-26-18-19-36-31(21-26)39-34(44)37-22-33(43)46-5-2/h7-8,10-21H,4-6,9,22H2,1-3H3,(H2,38,40,45)(H2,36,37,39,44). The molecule has 0 unspecified atom stereocenters. The average molecular weight is 636 g/mol. The van der Waals surface area contributed by atoms with Crippen molar-refractivity contribution in [2.45, 2.75) is 40.0 Å². The van der Waals surface area contributed by atoms with Gasteiger partial charge in [0.2, 0.25) is 0 Å². The monoisotopic (exact) mass is 635 g/mol. The Morgan fingerprint density at radius 2 is 1.64 bits per heavy atom. The zero-order valence-corrected chi connectivity index (χ0v) is 26.5. The molecule has 3 aromatic carbocycles. The van der Waals surface area contributed by atoms with Crippen LogP contribution >= 0.6 is 0 Å². The van der Waals surface area contributed by atoms with E-state index in [0.717, 1.165) is 47.0 Å². The summed E-state index contributed by atoms with van der Waals surface area (Å²) in [5.41, 5.74) is 3.48. The number of aromatic nitrogens is 3. The number of anilines is 3. The van der Waals surface area contributed by atoms with Crippen molar-refractivity contribution >= 4 is 46.1 Å². The Hall–Kier alpha value is -5.91. The van der Waals surface area contributed by atoms with Crippen LogP contribution in [0, 0.1) is 6.92 Å². The maximum absolute atomic E-state index is 13.3. The summed E-state index contributed by atoms with van der Waals surface area (Å²) in [6.07, 6.45) is 4.35. The van der Waals surface area contributed by atoms with Crippen LogP contribution in [0.15, 0.2) is 85.1 Å². The van der Waals surface area contributed by atoms with Crippen LogP contribution in [-0.2, 0) is 16.0 Å². The molecule has 5 aromatic rings. The summed E-state index contributed by atoms with van der Waals surface area (Å²) in [7, 11) is 0. The minimum absolute atomic E-state index is 0.225. The molecule has 2 heterocycles. The Morgan fingerprint density at radius 1 is 0.851 bits per heavy atom. The Kier molecular flexibility index (Phi) is 10.6. The van der Waals surface area contributed by atoms with Crippen LogP contribution in [-0.4, -0.2) is 45.9 Å². The number of unbranched alkanes of at least 4 members (excludes halogenated alkanes) is 1. The molecule has 0 atom stereocenters. The second kappa shape index (κ2) is 15.4. The highest BCUT2D eigenvalue weighted by atomic mass is 16.5. The molecule has 0 radical (unpaired) electrons. The summed E-state index contributed by atoms with van der Waals surface area (Å²) in [6, 6.07) is 23.1. The number of esters is 1. The number of nitrogens with zero attached hydrogens (tertiary/aromatic N) is 3. The van der Waals surface area contributed by atoms with Gasteiger partial charge < -0.3 is 20.1 Å². The van der Waals surface area contributed by atoms with Gasteiger partial charge in [0.15, 0.2) is 0 Å². The summed E-state index contributed by atoms with van der Waals surface area (Å²) in [4.78, 5) is 41.2. The fourth-order valence-corrected chi connectivity index (χ4v) is 4.82. The first-order valence-electron chi connectivity index (χ1n) is 15.4. The summed E-state index contributed by atoms with van der Waals surface area (Å²) in [5, 5.41) is 17.2. The maximum Gasteiger partial charge on any atom is 0.325 e. The number of aryl methyl sites for hydroxylation is 2. The Balaban J connectivity index is 1.30. The third-order valence-corrected chi connectivity index (χ3v) is 7.10. The second-order valence-electron chi connectivity index (χ2n) is 10.7. The third-order valence-electron chi connectivity index (χ3n) is 7.10. The van der Waals surface area contributed by atoms with E-state index in [1.165, 1.54) is 6.20 Å². The molecule has 0 saturated heterocycles. The van der Waals surface area contributed by atoms with Gasteiger partial charge in [-0.2, -0.15) is 5.10 Å². The molecule has 4 amide bonds. The van der Waals surface area contributed by atoms with Crippen molar-refractivity contribution in [3.05, 3.63) is 96.3 Å². The lowest BCUT2D eigenvalue weighted by atomic mass is 10.1. The minimum Gasteiger partial charge on any atom is -0.465 e. The number of benzene rings is 3. The molecule has 12 nitrogen and oxygen atoms in total. The van der Waals surface area contributed by atoms with E-state index in [-0.39, 0.29) is 19.0 Å². The lowest BCUT2D eigenvalue weighted by molar-refractivity contribution is -0.141. The SMILES string of the molecule is CCCCc1cc(NC(=O)Nc2ccc(Oc3ccnc(NC(=O)NCC(=O)OCC)c3)c3ccccc23)n(-c2ccc(C)cc2)n1. The van der Waals surface area contributed by atoms with Gasteiger partial charge in [0, 0.05) is 29.1 Å². The van der Waals surface area contributed by atoms with E-state index in [1.807, 2.05) is 61.5 Å². The highest BCUT2D eigenvalue weighted by Gasteiger charge is 2.15. The number of pyridine rings is 1. The van der Waals surface area contributed by atoms with Gasteiger partial charge in [-0.25, -0.2) is 19.3 Å². The van der Waals surface area contributed by atoms with Gasteiger partial charge in [-0.15, -0.1) is 0 Å². The normalized spacial score (nSPS) is 10.7. The van der Waals surface area contributed by atoms with Gasteiger partial charge in [-0.1, -0.05) is 55.3 Å². The number of nitrogens with one attached hydrogen (secondary N) is 4. The fourth-order valence-electron chi connectivity index (χ4n) is 4.82. The van der Waals surface area contributed by atoms with Crippen molar-refractivity contribution in [2.75, 3.05) is 29.1 Å². The van der Waals surface area contributed by atoms with Crippen molar-refractivity contribution in [3.8, 4) is 17.2 Å². The molecule has 4 N–H and O–H groups in total. The first-order chi connectivity index (χ1) is 22.8. The summed E-state index contributed by atoms with van der Waals surface area (Å²) in [6.45, 7) is 5.80. The van der Waals surface area contributed by atoms with Crippen molar-refractivity contribution < 1.29 is 23.9 Å². The molecule has 0 aliphatic rings. The van der Waals surface area contributed by atoms with E-state index in [9.17, 15) is 14.4 Å². The first kappa shape index (κ1) is 32.5. The Labute approximate surface area is 272 Å². The number of ether oxygens (including phenoxy) is 2. The smallest absolute Gasteiger partial charge is 0.325 e. The first-order valence-corrected chi connectivity index (χ1v) is 15.4. The lowest BCUT2D eigenvalue weighted by Crippen LogP contribution is -2.34. The van der Waals surface area contributed by atoms with Gasteiger partial charge in [0.1, 0.15) is 29.7 Å². The molecule has 0 aliphatic heterocycles. The zero-order valence-electron chi connectivity index (χ0n) is 26.5. The van der Waals surface area contributed by atoms with Gasteiger partial charge in [0.05, 0.1) is 23.7 Å². The van der Waals surface area contributed by atoms with Crippen molar-refractivity contribution in [3.63, 3.8) is 0 Å². The Morgan fingerprint density at radius 3 is 2.40 bits per heavy atom. The van der Waals surface area contributed by atoms with E-state index in [0.29, 0.717) is 23.0 Å². The number of amides is 4. The predicted octanol–water partition coefficient (Wildman–Crippen LogP) is 7.19. The average Bonchev–Trinajstić information content (AvgIpc) is 3.46. The number of rotatable bonds is 12. The molecule has 0 fully saturated rings. The van der Waals surface area contributed by atoms with E-state index in [2.05, 4.69) is 33.2 Å². The topological polar surface area (TPSA) is 148 Å². The largest absolute Gasteiger partial charge is 0.465 e. The van der Waals surface area contributed by atoms with Crippen LogP contribution in [0.3, 0.4) is 0 Å². The molecule has 0 aliphatic carbocycles. The summed E-state index contributed by atoms with van der Waals surface area (Å²) >= 11 is 0. The quantitative estimate of drug-likeness (QED) is 0.106. The van der Waals surface area contributed by atoms with E-state index >= 15 is 0 Å². The van der Waals surface area contributed by atoms with Crippen LogP contribution in [0.4, 0.5) is 26.9 Å². The molecule has 0 saturated carbocycles. The van der Waals surface area contributed by atoms with E-state index < -0.39 is 18.0 Å². The van der Waals surface area contributed by atoms with Gasteiger partial charge in [-0.3, -0.25) is 15.4 Å². The van der Waals surface area contributed by atoms with Gasteiger partial charge in [0.25, 0.3) is 0 Å². The highest BCUT2D eigenvalue weighted by Crippen LogP contribution is 2.35. The summed E-state index contributed by atoms with van der Waals surface area (Å²) in [5.74, 6) is 1.21. The van der Waals surface area contributed by atoms with Crippen LogP contribution in [0.1, 0.15) is 37.9 Å². The molecule has 242 valence electrons. The number of carbonyl (C=O) groups is 3.